The van der Waals surface area contributed by atoms with Crippen LogP contribution in [-0.4, -0.2) is 22.0 Å². The SMILES string of the molecule is CCC[Si](CCC)(CCCN)OC. The minimum Gasteiger partial charge on any atom is -0.420 e. The van der Waals surface area contributed by atoms with E-state index in [2.05, 4.69) is 13.8 Å². The quantitative estimate of drug-likeness (QED) is 0.616. The lowest BCUT2D eigenvalue weighted by molar-refractivity contribution is 0.385. The molecule has 0 atom stereocenters. The van der Waals surface area contributed by atoms with Crippen LogP contribution in [0.25, 0.3) is 0 Å². The Balaban J connectivity index is 4.07. The summed E-state index contributed by atoms with van der Waals surface area (Å²) in [7, 11) is 0.526. The lowest BCUT2D eigenvalue weighted by Crippen LogP contribution is -2.37. The van der Waals surface area contributed by atoms with E-state index in [1.165, 1.54) is 31.0 Å². The van der Waals surface area contributed by atoms with Crippen molar-refractivity contribution in [1.29, 1.82) is 0 Å². The maximum absolute atomic E-state index is 5.80. The maximum atomic E-state index is 5.80. The van der Waals surface area contributed by atoms with E-state index in [-0.39, 0.29) is 0 Å². The van der Waals surface area contributed by atoms with E-state index in [1.807, 2.05) is 7.11 Å². The van der Waals surface area contributed by atoms with Crippen molar-refractivity contribution in [3.05, 3.63) is 0 Å². The molecule has 0 aromatic rings. The molecular weight excluding hydrogens is 178 g/mol. The highest BCUT2D eigenvalue weighted by molar-refractivity contribution is 6.73. The molecule has 0 spiro atoms. The standard InChI is InChI=1S/C10H25NOSi/c1-4-8-13(12-3,9-5-2)10-6-7-11/h4-11H2,1-3H3. The van der Waals surface area contributed by atoms with Gasteiger partial charge in [0, 0.05) is 7.11 Å². The predicted molar refractivity (Wildman–Crippen MR) is 61.4 cm³/mol. The molecule has 0 fully saturated rings. The van der Waals surface area contributed by atoms with Gasteiger partial charge in [0.2, 0.25) is 0 Å². The fraction of sp³-hybridized carbons (Fsp3) is 1.00. The molecule has 0 aliphatic rings. The Morgan fingerprint density at radius 1 is 1.08 bits per heavy atom. The van der Waals surface area contributed by atoms with E-state index in [1.54, 1.807) is 0 Å². The highest BCUT2D eigenvalue weighted by Crippen LogP contribution is 2.26. The molecule has 0 unspecified atom stereocenters. The van der Waals surface area contributed by atoms with Crippen LogP contribution in [0.5, 0.6) is 0 Å². The van der Waals surface area contributed by atoms with Gasteiger partial charge in [0.25, 0.3) is 0 Å². The molecule has 3 heteroatoms. The molecule has 0 amide bonds. The molecule has 0 aliphatic carbocycles. The van der Waals surface area contributed by atoms with Crippen molar-refractivity contribution in [2.45, 2.75) is 51.2 Å². The summed E-state index contributed by atoms with van der Waals surface area (Å²) in [6.45, 7) is 5.31. The predicted octanol–water partition coefficient (Wildman–Crippen LogP) is 2.75. The number of nitrogens with two attached hydrogens (primary N) is 1. The molecule has 0 heterocycles. The Bertz CT molecular complexity index is 113. The van der Waals surface area contributed by atoms with Gasteiger partial charge in [-0.1, -0.05) is 26.7 Å². The molecule has 0 saturated heterocycles. The van der Waals surface area contributed by atoms with Gasteiger partial charge in [-0.05, 0) is 31.1 Å². The van der Waals surface area contributed by atoms with Crippen LogP contribution in [-0.2, 0) is 4.43 Å². The molecule has 0 bridgehead atoms. The van der Waals surface area contributed by atoms with Gasteiger partial charge in [-0.2, -0.15) is 0 Å². The van der Waals surface area contributed by atoms with Crippen molar-refractivity contribution < 1.29 is 4.43 Å². The third-order valence-corrected chi connectivity index (χ3v) is 7.63. The van der Waals surface area contributed by atoms with Crippen molar-refractivity contribution in [3.8, 4) is 0 Å². The summed E-state index contributed by atoms with van der Waals surface area (Å²) < 4.78 is 5.80. The molecule has 2 N–H and O–H groups in total. The van der Waals surface area contributed by atoms with Crippen LogP contribution in [0.1, 0.15) is 33.1 Å². The van der Waals surface area contributed by atoms with Crippen LogP contribution in [0.2, 0.25) is 18.1 Å². The second-order valence-corrected chi connectivity index (χ2v) is 8.05. The van der Waals surface area contributed by atoms with Gasteiger partial charge in [0.1, 0.15) is 0 Å². The first-order valence-electron chi connectivity index (χ1n) is 5.50. The van der Waals surface area contributed by atoms with E-state index in [4.69, 9.17) is 10.2 Å². The molecule has 0 saturated carbocycles. The van der Waals surface area contributed by atoms with Crippen LogP contribution in [0.15, 0.2) is 0 Å². The van der Waals surface area contributed by atoms with Crippen molar-refractivity contribution >= 4 is 8.32 Å². The fourth-order valence-corrected chi connectivity index (χ4v) is 6.05. The van der Waals surface area contributed by atoms with Crippen LogP contribution < -0.4 is 5.73 Å². The summed E-state index contributed by atoms with van der Waals surface area (Å²) in [6, 6.07) is 3.86. The van der Waals surface area contributed by atoms with Gasteiger partial charge >= 0.3 is 0 Å². The van der Waals surface area contributed by atoms with Gasteiger partial charge in [-0.3, -0.25) is 0 Å². The fourth-order valence-electron chi connectivity index (χ4n) is 2.02. The summed E-state index contributed by atoms with van der Waals surface area (Å²) in [4.78, 5) is 0. The molecule has 0 radical (unpaired) electrons. The highest BCUT2D eigenvalue weighted by atomic mass is 28.4. The Morgan fingerprint density at radius 3 is 1.92 bits per heavy atom. The average Bonchev–Trinajstić information content (AvgIpc) is 2.15. The molecular formula is C10H25NOSi. The van der Waals surface area contributed by atoms with E-state index in [0.29, 0.717) is 0 Å². The summed E-state index contributed by atoms with van der Waals surface area (Å²) in [5.41, 5.74) is 5.55. The molecule has 0 aromatic carbocycles. The smallest absolute Gasteiger partial charge is 0.192 e. The molecule has 2 nitrogen and oxygen atoms in total. The Morgan fingerprint density at radius 2 is 1.62 bits per heavy atom. The zero-order chi connectivity index (χ0) is 10.2. The van der Waals surface area contributed by atoms with Crippen LogP contribution >= 0.6 is 0 Å². The topological polar surface area (TPSA) is 35.2 Å². The summed E-state index contributed by atoms with van der Waals surface area (Å²) in [5.74, 6) is 0. The van der Waals surface area contributed by atoms with E-state index >= 15 is 0 Å². The van der Waals surface area contributed by atoms with Crippen molar-refractivity contribution in [1.82, 2.24) is 0 Å². The lowest BCUT2D eigenvalue weighted by atomic mass is 10.5. The van der Waals surface area contributed by atoms with Crippen molar-refractivity contribution in [2.24, 2.45) is 5.73 Å². The van der Waals surface area contributed by atoms with Crippen LogP contribution in [0.4, 0.5) is 0 Å². The third-order valence-electron chi connectivity index (χ3n) is 2.68. The monoisotopic (exact) mass is 203 g/mol. The third kappa shape index (κ3) is 4.79. The molecule has 0 aliphatic heterocycles. The normalized spacial score (nSPS) is 12.0. The second-order valence-electron chi connectivity index (χ2n) is 3.78. The first-order chi connectivity index (χ1) is 6.24. The first kappa shape index (κ1) is 13.1. The zero-order valence-electron chi connectivity index (χ0n) is 9.44. The summed E-state index contributed by atoms with van der Waals surface area (Å²) in [5, 5.41) is 0. The largest absolute Gasteiger partial charge is 0.420 e. The number of rotatable bonds is 8. The minimum absolute atomic E-state index is 0.811. The van der Waals surface area contributed by atoms with E-state index in [9.17, 15) is 0 Å². The van der Waals surface area contributed by atoms with Crippen LogP contribution in [0, 0.1) is 0 Å². The molecule has 80 valence electrons. The average molecular weight is 203 g/mol. The Hall–Kier alpha value is 0.137. The Labute approximate surface area is 84.0 Å². The molecule has 0 aromatic heterocycles. The van der Waals surface area contributed by atoms with Crippen molar-refractivity contribution in [2.75, 3.05) is 13.7 Å². The highest BCUT2D eigenvalue weighted by Gasteiger charge is 2.30. The molecule has 0 rings (SSSR count). The second kappa shape index (κ2) is 7.53. The summed E-state index contributed by atoms with van der Waals surface area (Å²) in [6.07, 6.45) is 3.65. The first-order valence-corrected chi connectivity index (χ1v) is 8.03. The maximum Gasteiger partial charge on any atom is 0.192 e. The number of hydrogen-bond donors (Lipinski definition) is 1. The van der Waals surface area contributed by atoms with Gasteiger partial charge in [0.05, 0.1) is 0 Å². The van der Waals surface area contributed by atoms with Crippen molar-refractivity contribution in [3.63, 3.8) is 0 Å². The van der Waals surface area contributed by atoms with E-state index in [0.717, 1.165) is 13.0 Å². The van der Waals surface area contributed by atoms with E-state index < -0.39 is 8.32 Å². The Kier molecular flexibility index (Phi) is 7.61. The van der Waals surface area contributed by atoms with Gasteiger partial charge < -0.3 is 10.2 Å². The lowest BCUT2D eigenvalue weighted by Gasteiger charge is -2.29. The minimum atomic E-state index is -1.37. The van der Waals surface area contributed by atoms with Gasteiger partial charge in [-0.25, -0.2) is 0 Å². The van der Waals surface area contributed by atoms with Crippen LogP contribution in [0.3, 0.4) is 0 Å². The number of hydrogen-bond acceptors (Lipinski definition) is 2. The van der Waals surface area contributed by atoms with Gasteiger partial charge in [0.15, 0.2) is 8.32 Å². The molecule has 13 heavy (non-hydrogen) atoms. The zero-order valence-corrected chi connectivity index (χ0v) is 10.4. The van der Waals surface area contributed by atoms with Gasteiger partial charge in [-0.15, -0.1) is 0 Å². The summed E-state index contributed by atoms with van der Waals surface area (Å²) >= 11 is 0.